The van der Waals surface area contributed by atoms with Crippen molar-refractivity contribution >= 4 is 5.71 Å². The van der Waals surface area contributed by atoms with Crippen molar-refractivity contribution in [3.63, 3.8) is 0 Å². The summed E-state index contributed by atoms with van der Waals surface area (Å²) in [6, 6.07) is 32.3. The summed E-state index contributed by atoms with van der Waals surface area (Å²) in [7, 11) is 3.35. The maximum absolute atomic E-state index is 6.58. The minimum Gasteiger partial charge on any atom is -0.497 e. The second kappa shape index (κ2) is 9.90. The molecule has 0 aromatic heterocycles. The Morgan fingerprint density at radius 3 is 2.30 bits per heavy atom. The number of hydrazone groups is 1. The van der Waals surface area contributed by atoms with Gasteiger partial charge in [0.2, 0.25) is 6.23 Å². The van der Waals surface area contributed by atoms with Crippen LogP contribution in [0.2, 0.25) is 0 Å². The van der Waals surface area contributed by atoms with Crippen molar-refractivity contribution in [1.29, 1.82) is 0 Å². The molecule has 2 heterocycles. The van der Waals surface area contributed by atoms with Gasteiger partial charge in [-0.3, -0.25) is 0 Å². The molecule has 186 valence electrons. The second-order valence-electron chi connectivity index (χ2n) is 9.07. The van der Waals surface area contributed by atoms with Crippen LogP contribution in [0.3, 0.4) is 0 Å². The van der Waals surface area contributed by atoms with Crippen LogP contribution in [0.25, 0.3) is 0 Å². The van der Waals surface area contributed by atoms with E-state index in [1.807, 2.05) is 66.7 Å². The third-order valence-corrected chi connectivity index (χ3v) is 6.84. The molecule has 0 aliphatic carbocycles. The third kappa shape index (κ3) is 4.47. The number of benzene rings is 4. The highest BCUT2D eigenvalue weighted by Gasteiger charge is 2.42. The first-order chi connectivity index (χ1) is 18.2. The van der Waals surface area contributed by atoms with Crippen LogP contribution in [0.15, 0.2) is 102 Å². The fourth-order valence-corrected chi connectivity index (χ4v) is 4.89. The molecule has 6 nitrogen and oxygen atoms in total. The molecular formula is C31H28N2O4. The Morgan fingerprint density at radius 1 is 0.811 bits per heavy atom. The van der Waals surface area contributed by atoms with Gasteiger partial charge in [0.15, 0.2) is 11.5 Å². The van der Waals surface area contributed by atoms with E-state index in [0.717, 1.165) is 57.4 Å². The summed E-state index contributed by atoms with van der Waals surface area (Å²) in [4.78, 5) is 0. The van der Waals surface area contributed by atoms with Gasteiger partial charge in [-0.25, -0.2) is 5.01 Å². The number of hydrogen-bond donors (Lipinski definition) is 0. The van der Waals surface area contributed by atoms with Crippen molar-refractivity contribution in [3.05, 3.63) is 119 Å². The Bertz CT molecular complexity index is 1400. The van der Waals surface area contributed by atoms with Gasteiger partial charge in [0.05, 0.1) is 26.0 Å². The average Bonchev–Trinajstić information content (AvgIpc) is 3.42. The molecule has 0 saturated carbocycles. The van der Waals surface area contributed by atoms with E-state index in [4.69, 9.17) is 24.0 Å². The molecule has 0 bridgehead atoms. The largest absolute Gasteiger partial charge is 0.497 e. The van der Waals surface area contributed by atoms with Crippen LogP contribution in [0, 0.1) is 0 Å². The van der Waals surface area contributed by atoms with Crippen molar-refractivity contribution in [2.24, 2.45) is 5.10 Å². The van der Waals surface area contributed by atoms with Crippen molar-refractivity contribution in [2.75, 3.05) is 14.2 Å². The topological polar surface area (TPSA) is 52.5 Å². The second-order valence-corrected chi connectivity index (χ2v) is 9.07. The number of fused-ring (bicyclic) bond motifs is 3. The van der Waals surface area contributed by atoms with Gasteiger partial charge >= 0.3 is 0 Å². The van der Waals surface area contributed by atoms with Crippen LogP contribution in [-0.2, 0) is 6.61 Å². The lowest BCUT2D eigenvalue weighted by atomic mass is 9.95. The monoisotopic (exact) mass is 492 g/mol. The molecule has 2 aliphatic rings. The number of rotatable bonds is 7. The van der Waals surface area contributed by atoms with E-state index in [2.05, 4.69) is 35.3 Å². The van der Waals surface area contributed by atoms with E-state index >= 15 is 0 Å². The van der Waals surface area contributed by atoms with Crippen LogP contribution >= 0.6 is 0 Å². The Hall–Kier alpha value is -4.45. The summed E-state index contributed by atoms with van der Waals surface area (Å²) in [5, 5.41) is 7.13. The van der Waals surface area contributed by atoms with Crippen molar-refractivity contribution in [1.82, 2.24) is 5.01 Å². The number of ether oxygens (including phenoxy) is 4. The first-order valence-corrected chi connectivity index (χ1v) is 12.3. The van der Waals surface area contributed by atoms with E-state index in [1.165, 1.54) is 0 Å². The Balaban J connectivity index is 1.31. The van der Waals surface area contributed by atoms with E-state index in [9.17, 15) is 0 Å². The lowest BCUT2D eigenvalue weighted by Crippen LogP contribution is -2.33. The molecule has 2 aliphatic heterocycles. The molecule has 0 fully saturated rings. The molecule has 6 rings (SSSR count). The van der Waals surface area contributed by atoms with Crippen LogP contribution in [0.4, 0.5) is 0 Å². The molecule has 0 amide bonds. The van der Waals surface area contributed by atoms with Crippen LogP contribution < -0.4 is 18.9 Å². The van der Waals surface area contributed by atoms with Crippen molar-refractivity contribution in [2.45, 2.75) is 25.3 Å². The molecule has 0 saturated heterocycles. The van der Waals surface area contributed by atoms with Gasteiger partial charge in [-0.2, -0.15) is 5.10 Å². The summed E-state index contributed by atoms with van der Waals surface area (Å²) < 4.78 is 23.6. The first kappa shape index (κ1) is 23.0. The normalized spacial score (nSPS) is 17.8. The summed E-state index contributed by atoms with van der Waals surface area (Å²) in [6.07, 6.45) is 0.373. The minimum atomic E-state index is -0.396. The minimum absolute atomic E-state index is 0.0370. The van der Waals surface area contributed by atoms with Gasteiger partial charge in [0.25, 0.3) is 0 Å². The molecule has 0 N–H and O–H groups in total. The van der Waals surface area contributed by atoms with Crippen molar-refractivity contribution < 1.29 is 18.9 Å². The molecule has 0 spiro atoms. The van der Waals surface area contributed by atoms with Gasteiger partial charge in [0.1, 0.15) is 18.1 Å². The van der Waals surface area contributed by atoms with Crippen LogP contribution in [0.1, 0.15) is 40.9 Å². The van der Waals surface area contributed by atoms with Gasteiger partial charge in [-0.1, -0.05) is 42.5 Å². The Morgan fingerprint density at radius 2 is 1.57 bits per heavy atom. The van der Waals surface area contributed by atoms with Crippen LogP contribution in [-0.4, -0.2) is 24.9 Å². The lowest BCUT2D eigenvalue weighted by Gasteiger charge is -2.38. The van der Waals surface area contributed by atoms with Gasteiger partial charge in [-0.05, 0) is 65.7 Å². The zero-order valence-corrected chi connectivity index (χ0v) is 20.8. The molecule has 2 atom stereocenters. The third-order valence-electron chi connectivity index (χ3n) is 6.84. The zero-order chi connectivity index (χ0) is 25.2. The molecular weight excluding hydrogens is 464 g/mol. The summed E-state index contributed by atoms with van der Waals surface area (Å²) in [6.45, 7) is 0.522. The molecule has 0 radical (unpaired) electrons. The average molecular weight is 493 g/mol. The summed E-state index contributed by atoms with van der Waals surface area (Å²) in [5.41, 5.74) is 5.29. The maximum Gasteiger partial charge on any atom is 0.214 e. The lowest BCUT2D eigenvalue weighted by molar-refractivity contribution is -0.0209. The molecule has 6 heteroatoms. The highest BCUT2D eigenvalue weighted by atomic mass is 16.5. The molecule has 2 unspecified atom stereocenters. The fourth-order valence-electron chi connectivity index (χ4n) is 4.89. The highest BCUT2D eigenvalue weighted by molar-refractivity contribution is 6.02. The van der Waals surface area contributed by atoms with E-state index in [0.29, 0.717) is 6.61 Å². The van der Waals surface area contributed by atoms with Gasteiger partial charge in [-0.15, -0.1) is 0 Å². The quantitative estimate of drug-likeness (QED) is 0.294. The van der Waals surface area contributed by atoms with Crippen LogP contribution in [0.5, 0.6) is 23.0 Å². The number of para-hydroxylation sites is 1. The SMILES string of the molecule is COc1ccc(C2=NN3C(C2)c2cccc(OC)c2OC3c2ccc(OCc3ccccc3)cc2)cc1. The summed E-state index contributed by atoms with van der Waals surface area (Å²) in [5.74, 6) is 3.13. The summed E-state index contributed by atoms with van der Waals surface area (Å²) >= 11 is 0. The first-order valence-electron chi connectivity index (χ1n) is 12.3. The Labute approximate surface area is 216 Å². The molecule has 37 heavy (non-hydrogen) atoms. The fraction of sp³-hybridized carbons (Fsp3) is 0.194. The van der Waals surface area contributed by atoms with Gasteiger partial charge in [0, 0.05) is 17.5 Å². The number of methoxy groups -OCH3 is 2. The highest BCUT2D eigenvalue weighted by Crippen LogP contribution is 2.50. The zero-order valence-electron chi connectivity index (χ0n) is 20.8. The molecule has 4 aromatic carbocycles. The smallest absolute Gasteiger partial charge is 0.214 e. The predicted molar refractivity (Wildman–Crippen MR) is 142 cm³/mol. The van der Waals surface area contributed by atoms with E-state index in [-0.39, 0.29) is 6.04 Å². The number of hydrogen-bond acceptors (Lipinski definition) is 6. The predicted octanol–water partition coefficient (Wildman–Crippen LogP) is 6.53. The van der Waals surface area contributed by atoms with E-state index < -0.39 is 6.23 Å². The standard InChI is InChI=1S/C31H28N2O4/c1-34-24-15-11-22(12-16-24)27-19-28-26-9-6-10-29(35-2)30(26)37-31(33(28)32-27)23-13-17-25(18-14-23)36-20-21-7-4-3-5-8-21/h3-18,28,31H,19-20H2,1-2H3. The Kier molecular flexibility index (Phi) is 6.15. The maximum atomic E-state index is 6.58. The van der Waals surface area contributed by atoms with Gasteiger partial charge < -0.3 is 18.9 Å². The molecule has 4 aromatic rings. The van der Waals surface area contributed by atoms with Crippen molar-refractivity contribution in [3.8, 4) is 23.0 Å². The number of nitrogens with zero attached hydrogens (tertiary/aromatic N) is 2. The van der Waals surface area contributed by atoms with E-state index in [1.54, 1.807) is 14.2 Å².